The number of halogens is 1. The van der Waals surface area contributed by atoms with Crippen LogP contribution in [0.4, 0.5) is 4.79 Å². The van der Waals surface area contributed by atoms with Crippen molar-refractivity contribution >= 4 is 22.0 Å². The summed E-state index contributed by atoms with van der Waals surface area (Å²) in [5.41, 5.74) is 0. The van der Waals surface area contributed by atoms with Crippen molar-refractivity contribution in [1.29, 1.82) is 0 Å². The summed E-state index contributed by atoms with van der Waals surface area (Å²) in [5.74, 6) is 0.445. The second kappa shape index (κ2) is 4.01. The Morgan fingerprint density at radius 1 is 1.58 bits per heavy atom. The van der Waals surface area contributed by atoms with Crippen molar-refractivity contribution < 1.29 is 9.90 Å². The van der Waals surface area contributed by atoms with Gasteiger partial charge in [-0.15, -0.1) is 0 Å². The number of hydrogen-bond acceptors (Lipinski definition) is 3. The molecule has 0 unspecified atom stereocenters. The topological polar surface area (TPSA) is 75.1 Å². The highest BCUT2D eigenvalue weighted by Crippen LogP contribution is 2.03. The van der Waals surface area contributed by atoms with Crippen molar-refractivity contribution in [3.05, 3.63) is 22.7 Å². The smallest absolute Gasteiger partial charge is 0.405 e. The molecule has 0 radical (unpaired) electrons. The van der Waals surface area contributed by atoms with Gasteiger partial charge in [-0.1, -0.05) is 0 Å². The molecule has 1 heterocycles. The van der Waals surface area contributed by atoms with Crippen LogP contribution in [0.5, 0.6) is 0 Å². The highest BCUT2D eigenvalue weighted by Gasteiger charge is 1.98. The van der Waals surface area contributed by atoms with Crippen LogP contribution in [0.1, 0.15) is 5.82 Å². The first-order chi connectivity index (χ1) is 5.68. The first-order valence-corrected chi connectivity index (χ1v) is 3.91. The molecule has 12 heavy (non-hydrogen) atoms. The summed E-state index contributed by atoms with van der Waals surface area (Å²) >= 11 is 3.16. The Hall–Kier alpha value is -1.17. The Bertz CT molecular complexity index is 275. The molecule has 5 nitrogen and oxygen atoms in total. The Labute approximate surface area is 77.0 Å². The van der Waals surface area contributed by atoms with Crippen molar-refractivity contribution in [3.8, 4) is 0 Å². The lowest BCUT2D eigenvalue weighted by molar-refractivity contribution is 0.193. The zero-order valence-electron chi connectivity index (χ0n) is 5.99. The number of hydrogen-bond donors (Lipinski definition) is 2. The second-order valence-electron chi connectivity index (χ2n) is 1.98. The van der Waals surface area contributed by atoms with Crippen LogP contribution >= 0.6 is 15.9 Å². The lowest BCUT2D eigenvalue weighted by atomic mass is 10.5. The largest absolute Gasteiger partial charge is 0.465 e. The first kappa shape index (κ1) is 8.92. The van der Waals surface area contributed by atoms with Gasteiger partial charge in [0.05, 0.1) is 11.0 Å². The van der Waals surface area contributed by atoms with Crippen molar-refractivity contribution in [2.45, 2.75) is 6.54 Å². The van der Waals surface area contributed by atoms with Crippen LogP contribution in [0.25, 0.3) is 0 Å². The molecule has 1 aromatic heterocycles. The second-order valence-corrected chi connectivity index (χ2v) is 2.89. The predicted octanol–water partition coefficient (Wildman–Crippen LogP) is 1.01. The van der Waals surface area contributed by atoms with Gasteiger partial charge in [0.2, 0.25) is 0 Å². The summed E-state index contributed by atoms with van der Waals surface area (Å²) in [6.07, 6.45) is 2.04. The minimum atomic E-state index is -1.08. The minimum absolute atomic E-state index is 0.128. The van der Waals surface area contributed by atoms with Crippen LogP contribution in [0.2, 0.25) is 0 Å². The van der Waals surface area contributed by atoms with E-state index in [0.717, 1.165) is 4.47 Å². The van der Waals surface area contributed by atoms with Crippen LogP contribution in [0.15, 0.2) is 16.9 Å². The molecule has 1 aromatic rings. The molecule has 0 aliphatic carbocycles. The third-order valence-electron chi connectivity index (χ3n) is 1.07. The number of amides is 1. The van der Waals surface area contributed by atoms with Gasteiger partial charge in [-0.05, 0) is 15.9 Å². The summed E-state index contributed by atoms with van der Waals surface area (Å²) in [6, 6.07) is 0. The Kier molecular flexibility index (Phi) is 2.98. The summed E-state index contributed by atoms with van der Waals surface area (Å²) in [7, 11) is 0. The molecule has 0 saturated carbocycles. The molecule has 2 N–H and O–H groups in total. The lowest BCUT2D eigenvalue weighted by Gasteiger charge is -1.98. The number of aromatic nitrogens is 2. The summed E-state index contributed by atoms with van der Waals surface area (Å²) in [5, 5.41) is 10.4. The SMILES string of the molecule is O=C(O)NCc1ncc(Br)cn1. The molecule has 1 rings (SSSR count). The van der Waals surface area contributed by atoms with Gasteiger partial charge in [-0.25, -0.2) is 14.8 Å². The van der Waals surface area contributed by atoms with Crippen LogP contribution in [-0.4, -0.2) is 21.2 Å². The van der Waals surface area contributed by atoms with Crippen LogP contribution in [-0.2, 0) is 6.54 Å². The van der Waals surface area contributed by atoms with Gasteiger partial charge in [-0.2, -0.15) is 0 Å². The number of nitrogens with zero attached hydrogens (tertiary/aromatic N) is 2. The molecule has 0 aliphatic heterocycles. The minimum Gasteiger partial charge on any atom is -0.465 e. The predicted molar refractivity (Wildman–Crippen MR) is 44.6 cm³/mol. The van der Waals surface area contributed by atoms with Gasteiger partial charge in [-0.3, -0.25) is 0 Å². The monoisotopic (exact) mass is 231 g/mol. The normalized spacial score (nSPS) is 9.42. The molecule has 0 saturated heterocycles. The highest BCUT2D eigenvalue weighted by atomic mass is 79.9. The van der Waals surface area contributed by atoms with Gasteiger partial charge in [0.15, 0.2) is 0 Å². The average Bonchev–Trinajstić information content (AvgIpc) is 2.03. The number of carboxylic acid groups (broad SMARTS) is 1. The van der Waals surface area contributed by atoms with Gasteiger partial charge in [0, 0.05) is 12.4 Å². The van der Waals surface area contributed by atoms with E-state index in [2.05, 4.69) is 31.2 Å². The fraction of sp³-hybridized carbons (Fsp3) is 0.167. The van der Waals surface area contributed by atoms with Crippen LogP contribution in [0, 0.1) is 0 Å². The third-order valence-corrected chi connectivity index (χ3v) is 1.48. The van der Waals surface area contributed by atoms with Gasteiger partial charge < -0.3 is 10.4 Å². The molecule has 0 spiro atoms. The van der Waals surface area contributed by atoms with Gasteiger partial charge >= 0.3 is 6.09 Å². The van der Waals surface area contributed by atoms with Gasteiger partial charge in [0.25, 0.3) is 0 Å². The summed E-state index contributed by atoms with van der Waals surface area (Å²) in [4.78, 5) is 17.8. The van der Waals surface area contributed by atoms with Crippen molar-refractivity contribution in [1.82, 2.24) is 15.3 Å². The van der Waals surface area contributed by atoms with E-state index in [4.69, 9.17) is 5.11 Å². The third kappa shape index (κ3) is 2.83. The molecular weight excluding hydrogens is 226 g/mol. The first-order valence-electron chi connectivity index (χ1n) is 3.11. The van der Waals surface area contributed by atoms with Crippen molar-refractivity contribution in [2.24, 2.45) is 0 Å². The quantitative estimate of drug-likeness (QED) is 0.797. The van der Waals surface area contributed by atoms with E-state index in [1.165, 1.54) is 0 Å². The Balaban J connectivity index is 2.53. The molecule has 64 valence electrons. The highest BCUT2D eigenvalue weighted by molar-refractivity contribution is 9.10. The number of carbonyl (C=O) groups is 1. The lowest BCUT2D eigenvalue weighted by Crippen LogP contribution is -2.21. The van der Waals surface area contributed by atoms with E-state index in [0.29, 0.717) is 5.82 Å². The van der Waals surface area contributed by atoms with Gasteiger partial charge in [0.1, 0.15) is 5.82 Å². The van der Waals surface area contributed by atoms with Crippen molar-refractivity contribution in [3.63, 3.8) is 0 Å². The molecule has 0 aromatic carbocycles. The Morgan fingerprint density at radius 2 is 2.17 bits per heavy atom. The molecule has 1 amide bonds. The van der Waals surface area contributed by atoms with E-state index in [1.807, 2.05) is 0 Å². The zero-order valence-corrected chi connectivity index (χ0v) is 7.58. The maximum atomic E-state index is 10.1. The summed E-state index contributed by atoms with van der Waals surface area (Å²) in [6.45, 7) is 0.128. The summed E-state index contributed by atoms with van der Waals surface area (Å²) < 4.78 is 0.765. The fourth-order valence-corrected chi connectivity index (χ4v) is 0.790. The fourth-order valence-electron chi connectivity index (χ4n) is 0.585. The molecule has 0 fully saturated rings. The molecule has 0 atom stereocenters. The molecule has 6 heteroatoms. The van der Waals surface area contributed by atoms with E-state index >= 15 is 0 Å². The molecule has 0 bridgehead atoms. The van der Waals surface area contributed by atoms with E-state index < -0.39 is 6.09 Å². The number of nitrogens with one attached hydrogen (secondary N) is 1. The number of rotatable bonds is 2. The van der Waals surface area contributed by atoms with E-state index in [-0.39, 0.29) is 6.54 Å². The molecular formula is C6H6BrN3O2. The van der Waals surface area contributed by atoms with E-state index in [9.17, 15) is 4.79 Å². The standard InChI is InChI=1S/C6H6BrN3O2/c7-4-1-8-5(9-2-4)3-10-6(11)12/h1-2,10H,3H2,(H,11,12). The zero-order chi connectivity index (χ0) is 8.97. The maximum Gasteiger partial charge on any atom is 0.405 e. The van der Waals surface area contributed by atoms with E-state index in [1.54, 1.807) is 12.4 Å². The Morgan fingerprint density at radius 3 is 2.67 bits per heavy atom. The van der Waals surface area contributed by atoms with Crippen LogP contribution in [0.3, 0.4) is 0 Å². The van der Waals surface area contributed by atoms with Crippen molar-refractivity contribution in [2.75, 3.05) is 0 Å². The average molecular weight is 232 g/mol. The maximum absolute atomic E-state index is 10.1. The molecule has 0 aliphatic rings. The van der Waals surface area contributed by atoms with Crippen LogP contribution < -0.4 is 5.32 Å².